The molecule has 1 heterocycles. The molecule has 134 valence electrons. The third kappa shape index (κ3) is 3.98. The van der Waals surface area contributed by atoms with Crippen LogP contribution in [0.25, 0.3) is 0 Å². The van der Waals surface area contributed by atoms with Crippen molar-refractivity contribution < 1.29 is 14.8 Å². The van der Waals surface area contributed by atoms with Gasteiger partial charge in [0, 0.05) is 12.6 Å². The molecule has 2 aromatic rings. The molecular formula is C22H25N2O2+. The third-order valence-electron chi connectivity index (χ3n) is 4.06. The maximum absolute atomic E-state index is 5.92. The molecule has 0 aromatic heterocycles. The largest absolute Gasteiger partial charge is 0.452 e. The second-order valence-electron chi connectivity index (χ2n) is 5.90. The Morgan fingerprint density at radius 2 is 1.92 bits per heavy atom. The Morgan fingerprint density at radius 3 is 2.73 bits per heavy atom. The van der Waals surface area contributed by atoms with Crippen molar-refractivity contribution in [2.24, 2.45) is 0 Å². The summed E-state index contributed by atoms with van der Waals surface area (Å²) in [6.07, 6.45) is 5.68. The zero-order valence-corrected chi connectivity index (χ0v) is 15.3. The van der Waals surface area contributed by atoms with E-state index in [2.05, 4.69) is 36.7 Å². The number of nitrogens with zero attached hydrogens (tertiary/aromatic N) is 1. The van der Waals surface area contributed by atoms with Gasteiger partial charge < -0.3 is 19.7 Å². The van der Waals surface area contributed by atoms with Crippen LogP contribution >= 0.6 is 0 Å². The minimum absolute atomic E-state index is 0.581. The van der Waals surface area contributed by atoms with Gasteiger partial charge in [0.25, 0.3) is 0 Å². The molecule has 0 spiro atoms. The lowest BCUT2D eigenvalue weighted by Crippen LogP contribution is -2.77. The van der Waals surface area contributed by atoms with Crippen molar-refractivity contribution >= 4 is 11.4 Å². The topological polar surface area (TPSA) is 38.3 Å². The second kappa shape index (κ2) is 8.41. The molecule has 4 nitrogen and oxygen atoms in total. The van der Waals surface area contributed by atoms with Crippen molar-refractivity contribution in [2.75, 3.05) is 18.0 Å². The van der Waals surface area contributed by atoms with Gasteiger partial charge in [-0.05, 0) is 44.2 Å². The van der Waals surface area contributed by atoms with Crippen LogP contribution in [0.5, 0.6) is 11.5 Å². The molecule has 1 aliphatic heterocycles. The molecule has 0 unspecified atom stereocenters. The van der Waals surface area contributed by atoms with E-state index in [1.54, 1.807) is 0 Å². The Hall–Kier alpha value is -2.98. The first-order chi connectivity index (χ1) is 12.7. The summed E-state index contributed by atoms with van der Waals surface area (Å²) in [6, 6.07) is 16.0. The van der Waals surface area contributed by atoms with Crippen LogP contribution in [-0.2, 0) is 0 Å². The SMILES string of the molecule is C=C(C=CC=C1Oc2ccccc2N1CC)Oc1ccccc1[NH2+]CC. The smallest absolute Gasteiger partial charge is 0.200 e. The van der Waals surface area contributed by atoms with Crippen molar-refractivity contribution in [1.82, 2.24) is 0 Å². The van der Waals surface area contributed by atoms with Gasteiger partial charge in [0.15, 0.2) is 17.2 Å². The normalized spacial score (nSPS) is 14.5. The molecule has 0 fully saturated rings. The number of nitrogens with two attached hydrogens (primary N) is 1. The molecule has 26 heavy (non-hydrogen) atoms. The number of benzene rings is 2. The predicted octanol–water partition coefficient (Wildman–Crippen LogP) is 4.11. The van der Waals surface area contributed by atoms with Crippen LogP contribution in [0.3, 0.4) is 0 Å². The van der Waals surface area contributed by atoms with E-state index in [4.69, 9.17) is 9.47 Å². The maximum atomic E-state index is 5.92. The van der Waals surface area contributed by atoms with Crippen molar-refractivity contribution in [3.63, 3.8) is 0 Å². The van der Waals surface area contributed by atoms with Gasteiger partial charge in [-0.1, -0.05) is 36.9 Å². The molecule has 0 radical (unpaired) electrons. The van der Waals surface area contributed by atoms with Crippen LogP contribution in [-0.4, -0.2) is 13.1 Å². The van der Waals surface area contributed by atoms with Crippen molar-refractivity contribution in [3.05, 3.63) is 85.0 Å². The van der Waals surface area contributed by atoms with E-state index in [9.17, 15) is 0 Å². The van der Waals surface area contributed by atoms with E-state index < -0.39 is 0 Å². The van der Waals surface area contributed by atoms with Crippen molar-refractivity contribution in [1.29, 1.82) is 0 Å². The van der Waals surface area contributed by atoms with Crippen LogP contribution in [0.2, 0.25) is 0 Å². The lowest BCUT2D eigenvalue weighted by atomic mass is 10.3. The van der Waals surface area contributed by atoms with E-state index in [0.29, 0.717) is 5.76 Å². The summed E-state index contributed by atoms with van der Waals surface area (Å²) in [7, 11) is 0. The van der Waals surface area contributed by atoms with Gasteiger partial charge in [0.2, 0.25) is 5.88 Å². The number of para-hydroxylation sites is 4. The van der Waals surface area contributed by atoms with Crippen LogP contribution in [0.15, 0.2) is 85.0 Å². The highest BCUT2D eigenvalue weighted by Crippen LogP contribution is 2.38. The fourth-order valence-electron chi connectivity index (χ4n) is 2.88. The standard InChI is InChI=1S/C22H24N2O2/c1-4-23-18-12-6-8-14-20(18)25-17(3)11-10-16-22-24(5-2)19-13-7-9-15-21(19)26-22/h6-16,23H,3-5H2,1-2H3/p+1. The summed E-state index contributed by atoms with van der Waals surface area (Å²) in [5, 5.41) is 2.14. The van der Waals surface area contributed by atoms with Gasteiger partial charge in [-0.3, -0.25) is 0 Å². The Labute approximate surface area is 155 Å². The van der Waals surface area contributed by atoms with Crippen LogP contribution in [0.1, 0.15) is 13.8 Å². The first kappa shape index (κ1) is 17.8. The Kier molecular flexibility index (Phi) is 5.77. The van der Waals surface area contributed by atoms with Crippen LogP contribution in [0, 0.1) is 0 Å². The summed E-state index contributed by atoms with van der Waals surface area (Å²) >= 11 is 0. The van der Waals surface area contributed by atoms with E-state index >= 15 is 0 Å². The lowest BCUT2D eigenvalue weighted by molar-refractivity contribution is -0.568. The lowest BCUT2D eigenvalue weighted by Gasteiger charge is -2.14. The van der Waals surface area contributed by atoms with Gasteiger partial charge in [0.1, 0.15) is 5.76 Å². The maximum Gasteiger partial charge on any atom is 0.200 e. The van der Waals surface area contributed by atoms with E-state index in [1.165, 1.54) is 0 Å². The van der Waals surface area contributed by atoms with Crippen LogP contribution in [0.4, 0.5) is 11.4 Å². The highest BCUT2D eigenvalue weighted by Gasteiger charge is 2.23. The first-order valence-electron chi connectivity index (χ1n) is 8.94. The minimum atomic E-state index is 0.581. The number of quaternary nitrogens is 1. The number of anilines is 1. The van der Waals surface area contributed by atoms with E-state index in [0.717, 1.165) is 41.8 Å². The Balaban J connectivity index is 1.67. The summed E-state index contributed by atoms with van der Waals surface area (Å²) in [6.45, 7) is 10.00. The highest BCUT2D eigenvalue weighted by molar-refractivity contribution is 5.66. The molecule has 2 aromatic carbocycles. The molecule has 0 saturated heterocycles. The summed E-state index contributed by atoms with van der Waals surface area (Å²) in [5.41, 5.74) is 2.17. The number of fused-ring (bicyclic) bond motifs is 1. The third-order valence-corrected chi connectivity index (χ3v) is 4.06. The minimum Gasteiger partial charge on any atom is -0.452 e. The van der Waals surface area contributed by atoms with E-state index in [-0.39, 0.29) is 0 Å². The zero-order valence-electron chi connectivity index (χ0n) is 15.3. The average Bonchev–Trinajstić information content (AvgIpc) is 3.01. The fraction of sp³-hybridized carbons (Fsp3) is 0.182. The molecule has 0 bridgehead atoms. The molecule has 1 aliphatic rings. The average molecular weight is 349 g/mol. The Bertz CT molecular complexity index is 840. The van der Waals surface area contributed by atoms with Gasteiger partial charge in [0.05, 0.1) is 12.2 Å². The van der Waals surface area contributed by atoms with Gasteiger partial charge in [-0.25, -0.2) is 0 Å². The predicted molar refractivity (Wildman–Crippen MR) is 106 cm³/mol. The monoisotopic (exact) mass is 349 g/mol. The molecule has 0 amide bonds. The zero-order chi connectivity index (χ0) is 18.4. The number of rotatable bonds is 7. The number of hydrogen-bond acceptors (Lipinski definition) is 3. The number of allylic oxidation sites excluding steroid dienone is 3. The highest BCUT2D eigenvalue weighted by atomic mass is 16.5. The molecule has 0 aliphatic carbocycles. The number of ether oxygens (including phenoxy) is 2. The van der Waals surface area contributed by atoms with Crippen molar-refractivity contribution in [2.45, 2.75) is 13.8 Å². The summed E-state index contributed by atoms with van der Waals surface area (Å²) in [5.74, 6) is 3.08. The molecule has 0 atom stereocenters. The Morgan fingerprint density at radius 1 is 1.15 bits per heavy atom. The molecule has 0 saturated carbocycles. The van der Waals surface area contributed by atoms with Gasteiger partial charge >= 0.3 is 0 Å². The fourth-order valence-corrected chi connectivity index (χ4v) is 2.88. The van der Waals surface area contributed by atoms with Gasteiger partial charge in [-0.15, -0.1) is 0 Å². The van der Waals surface area contributed by atoms with Crippen LogP contribution < -0.4 is 19.7 Å². The summed E-state index contributed by atoms with van der Waals surface area (Å²) < 4.78 is 11.8. The second-order valence-corrected chi connectivity index (χ2v) is 5.90. The molecular weight excluding hydrogens is 324 g/mol. The van der Waals surface area contributed by atoms with E-state index in [1.807, 2.05) is 60.7 Å². The first-order valence-corrected chi connectivity index (χ1v) is 8.94. The van der Waals surface area contributed by atoms with Crippen molar-refractivity contribution in [3.8, 4) is 11.5 Å². The van der Waals surface area contributed by atoms with Gasteiger partial charge in [-0.2, -0.15) is 0 Å². The molecule has 3 rings (SSSR count). The quantitative estimate of drug-likeness (QED) is 0.464. The summed E-state index contributed by atoms with van der Waals surface area (Å²) in [4.78, 5) is 2.13. The molecule has 4 heteroatoms. The molecule has 2 N–H and O–H groups in total. The number of hydrogen-bond donors (Lipinski definition) is 1.